The van der Waals surface area contributed by atoms with E-state index in [-0.39, 0.29) is 16.5 Å². The van der Waals surface area contributed by atoms with E-state index < -0.39 is 90.2 Å². The van der Waals surface area contributed by atoms with E-state index in [1.54, 1.807) is 10.6 Å². The number of pyridine rings is 1. The maximum atomic E-state index is 10.5. The fourth-order valence-corrected chi connectivity index (χ4v) is 10.6. The van der Waals surface area contributed by atoms with Gasteiger partial charge in [0.2, 0.25) is 0 Å². The zero-order valence-corrected chi connectivity index (χ0v) is 45.7. The molecule has 1 aliphatic rings. The van der Waals surface area contributed by atoms with Crippen LogP contribution in [0.25, 0.3) is 72.3 Å². The Bertz CT molecular complexity index is 4510. The van der Waals surface area contributed by atoms with Gasteiger partial charge in [0, 0.05) is 39.5 Å². The summed E-state index contributed by atoms with van der Waals surface area (Å²) < 4.78 is 151. The number of ether oxygens (including phenoxy) is 1. The summed E-state index contributed by atoms with van der Waals surface area (Å²) in [6, 6.07) is 41.0. The Morgan fingerprint density at radius 1 is 0.553 bits per heavy atom. The fraction of sp³-hybridized carbons (Fsp3) is 0.324. The highest BCUT2D eigenvalue weighted by atomic mass is 16.5. The number of imidazole rings is 1. The Morgan fingerprint density at radius 3 is 1.84 bits per heavy atom. The standard InChI is InChI=1S/C71H76N4O/c1-66(2,3)47-32-33-72-64(40-47)75-60-25-18-17-24-54(60)55-30-29-53(42-63(55)75)76-52-23-21-22-51(41-52)73-44-74(62-27-20-19-26-61(62)73)65-56(45-28-31-58-59(36-45)71(15,16)43-70(58,13)14)38-50(69(10,11)12)39-57(65)46-34-48(67(4,5)6)37-49(35-46)68(7,8)9/h17-42H,43H2,1-16H3/i13D3,14D3,15D3,16D3,28D,31D,36D. The van der Waals surface area contributed by atoms with E-state index in [1.165, 1.54) is 0 Å². The number of hydrogen-bond donors (Lipinski definition) is 0. The summed E-state index contributed by atoms with van der Waals surface area (Å²) in [6.07, 6.45) is 3.99. The van der Waals surface area contributed by atoms with Gasteiger partial charge in [0.05, 0.1) is 37.6 Å². The van der Waals surface area contributed by atoms with E-state index in [0.717, 1.165) is 49.9 Å². The van der Waals surface area contributed by atoms with Gasteiger partial charge in [0.25, 0.3) is 6.33 Å². The van der Waals surface area contributed by atoms with Crippen LogP contribution >= 0.6 is 0 Å². The lowest BCUT2D eigenvalue weighted by Gasteiger charge is -2.29. The second kappa shape index (κ2) is 17.7. The van der Waals surface area contributed by atoms with Gasteiger partial charge in [-0.05, 0) is 143 Å². The van der Waals surface area contributed by atoms with Gasteiger partial charge in [-0.1, -0.05) is 207 Å². The zero-order valence-electron chi connectivity index (χ0n) is 60.7. The molecule has 0 N–H and O–H groups in total. The van der Waals surface area contributed by atoms with Crippen LogP contribution in [0.1, 0.15) is 171 Å². The van der Waals surface area contributed by atoms with Crippen LogP contribution in [0, 0.1) is 6.33 Å². The molecule has 0 radical (unpaired) electrons. The molecule has 5 nitrogen and oxygen atoms in total. The van der Waals surface area contributed by atoms with Crippen molar-refractivity contribution in [2.24, 2.45) is 0 Å². The molecule has 0 spiro atoms. The summed E-state index contributed by atoms with van der Waals surface area (Å²) in [7, 11) is 0. The largest absolute Gasteiger partial charge is 0.458 e. The first-order valence-corrected chi connectivity index (χ1v) is 26.2. The predicted octanol–water partition coefficient (Wildman–Crippen LogP) is 18.5. The summed E-state index contributed by atoms with van der Waals surface area (Å²) in [5.41, 5.74) is -1.32. The van der Waals surface area contributed by atoms with E-state index in [4.69, 9.17) is 26.2 Å². The molecular weight excluding hydrogens is 925 g/mol. The van der Waals surface area contributed by atoms with Crippen molar-refractivity contribution < 1.29 is 29.9 Å². The molecule has 0 bridgehead atoms. The molecule has 1 aliphatic carbocycles. The SMILES string of the molecule is [2H]c1c([2H])c2c(c([2H])c1-c1cc(C(C)(C)C)cc(-c3cc(C(C)(C)C)cc(C(C)(C)C)c3)c1-[n+]1[c-]n(-c3cccc(Oc4ccc5c6ccccc6n(-c6cc(C(C)(C)C)ccn6)c5c4)c3)c3ccccc31)C(C([2H])([2H])[2H])(C([2H])([2H])[2H])CC2(C([2H])([2H])[2H])C([2H])([2H])[2H]. The minimum Gasteiger partial charge on any atom is -0.458 e. The van der Waals surface area contributed by atoms with Crippen LogP contribution in [0.4, 0.5) is 0 Å². The highest BCUT2D eigenvalue weighted by molar-refractivity contribution is 6.09. The summed E-state index contributed by atoms with van der Waals surface area (Å²) in [6.45, 7) is 10.5. The Hall–Kier alpha value is -7.24. The monoisotopic (exact) mass is 1020 g/mol. The fourth-order valence-electron chi connectivity index (χ4n) is 10.6. The molecule has 0 aliphatic heterocycles. The summed E-state index contributed by atoms with van der Waals surface area (Å²) in [4.78, 5) is 4.87. The van der Waals surface area contributed by atoms with E-state index >= 15 is 0 Å². The number of hydrogen-bond acceptors (Lipinski definition) is 2. The van der Waals surface area contributed by atoms with Crippen molar-refractivity contribution in [1.29, 1.82) is 0 Å². The lowest BCUT2D eigenvalue weighted by molar-refractivity contribution is -0.571. The molecule has 0 saturated heterocycles. The number of para-hydroxylation sites is 3. The first kappa shape index (κ1) is 35.9. The van der Waals surface area contributed by atoms with E-state index in [9.17, 15) is 4.11 Å². The van der Waals surface area contributed by atoms with Crippen molar-refractivity contribution in [1.82, 2.24) is 14.1 Å². The zero-order chi connectivity index (χ0) is 66.7. The maximum Gasteiger partial charge on any atom is 0.269 e. The molecule has 76 heavy (non-hydrogen) atoms. The molecule has 0 unspecified atom stereocenters. The van der Waals surface area contributed by atoms with Crippen LogP contribution in [0.2, 0.25) is 0 Å². The molecule has 386 valence electrons. The van der Waals surface area contributed by atoms with E-state index in [2.05, 4.69) is 116 Å². The Morgan fingerprint density at radius 2 is 1.16 bits per heavy atom. The van der Waals surface area contributed by atoms with Gasteiger partial charge in [-0.3, -0.25) is 13.7 Å². The van der Waals surface area contributed by atoms with Gasteiger partial charge in [-0.15, -0.1) is 0 Å². The number of aromatic nitrogens is 4. The third-order valence-corrected chi connectivity index (χ3v) is 15.0. The molecule has 7 aromatic carbocycles. The molecule has 10 aromatic rings. The first-order chi connectivity index (χ1) is 41.9. The van der Waals surface area contributed by atoms with Crippen LogP contribution < -0.4 is 9.30 Å². The summed E-state index contributed by atoms with van der Waals surface area (Å²) >= 11 is 0. The number of benzene rings is 7. The minimum absolute atomic E-state index is 0.0896. The summed E-state index contributed by atoms with van der Waals surface area (Å²) in [5.74, 6) is 1.83. The minimum atomic E-state index is -3.68. The maximum absolute atomic E-state index is 10.5. The number of fused-ring (bicyclic) bond motifs is 5. The molecular formula is C71H76N4O. The van der Waals surface area contributed by atoms with Crippen molar-refractivity contribution >= 4 is 32.8 Å². The van der Waals surface area contributed by atoms with Gasteiger partial charge in [0.15, 0.2) is 0 Å². The third-order valence-electron chi connectivity index (χ3n) is 15.0. The van der Waals surface area contributed by atoms with Crippen molar-refractivity contribution in [3.8, 4) is 50.9 Å². The smallest absolute Gasteiger partial charge is 0.269 e. The molecule has 0 amide bonds. The van der Waals surface area contributed by atoms with Crippen LogP contribution in [0.3, 0.4) is 0 Å². The molecule has 3 heterocycles. The quantitative estimate of drug-likeness (QED) is 0.118. The van der Waals surface area contributed by atoms with Crippen molar-refractivity contribution in [3.05, 3.63) is 197 Å². The van der Waals surface area contributed by atoms with Crippen molar-refractivity contribution in [3.63, 3.8) is 0 Å². The van der Waals surface area contributed by atoms with Crippen LogP contribution in [0.15, 0.2) is 158 Å². The number of nitrogens with zero attached hydrogens (tertiary/aromatic N) is 4. The van der Waals surface area contributed by atoms with Crippen LogP contribution in [-0.2, 0) is 32.5 Å². The van der Waals surface area contributed by atoms with Gasteiger partial charge in [-0.25, -0.2) is 4.98 Å². The first-order valence-electron chi connectivity index (χ1n) is 33.7. The topological polar surface area (TPSA) is 35.9 Å². The molecule has 11 rings (SSSR count). The number of rotatable bonds is 7. The molecule has 0 fully saturated rings. The molecule has 0 saturated carbocycles. The van der Waals surface area contributed by atoms with Crippen LogP contribution in [-0.4, -0.2) is 14.1 Å². The van der Waals surface area contributed by atoms with Gasteiger partial charge >= 0.3 is 0 Å². The highest BCUT2D eigenvalue weighted by Crippen LogP contribution is 2.51. The third kappa shape index (κ3) is 9.03. The second-order valence-corrected chi connectivity index (χ2v) is 25.0. The molecule has 5 heteroatoms. The summed E-state index contributed by atoms with van der Waals surface area (Å²) in [5, 5.41) is 2.08. The van der Waals surface area contributed by atoms with E-state index in [0.29, 0.717) is 45.0 Å². The van der Waals surface area contributed by atoms with Crippen molar-refractivity contribution in [2.75, 3.05) is 0 Å². The Balaban J connectivity index is 1.21. The Labute approximate surface area is 473 Å². The van der Waals surface area contributed by atoms with Crippen molar-refractivity contribution in [2.45, 2.75) is 149 Å². The van der Waals surface area contributed by atoms with E-state index in [1.807, 2.05) is 116 Å². The van der Waals surface area contributed by atoms with Gasteiger partial charge in [0.1, 0.15) is 17.3 Å². The lowest BCUT2D eigenvalue weighted by atomic mass is 9.77. The normalized spacial score (nSPS) is 18.3. The predicted molar refractivity (Wildman–Crippen MR) is 319 cm³/mol. The molecule has 0 atom stereocenters. The Kier molecular flexibility index (Phi) is 8.35. The lowest BCUT2D eigenvalue weighted by Crippen LogP contribution is -2.32. The molecule has 3 aromatic heterocycles. The van der Waals surface area contributed by atoms with Gasteiger partial charge in [-0.2, -0.15) is 0 Å². The van der Waals surface area contributed by atoms with Gasteiger partial charge < -0.3 is 4.74 Å². The highest BCUT2D eigenvalue weighted by Gasteiger charge is 2.42. The average Bonchev–Trinajstić information content (AvgIpc) is 1.50. The average molecular weight is 1020 g/mol. The van der Waals surface area contributed by atoms with Crippen LogP contribution in [0.5, 0.6) is 11.5 Å². The second-order valence-electron chi connectivity index (χ2n) is 25.0.